The number of hydrogen-bond donors (Lipinski definition) is 1. The first-order valence-electron chi connectivity index (χ1n) is 11.2. The Hall–Kier alpha value is -2.43. The van der Waals surface area contributed by atoms with Gasteiger partial charge < -0.3 is 20.0 Å². The zero-order valence-corrected chi connectivity index (χ0v) is 20.9. The van der Waals surface area contributed by atoms with Crippen LogP contribution < -0.4 is 15.1 Å². The van der Waals surface area contributed by atoms with Crippen LogP contribution in [0.5, 0.6) is 0 Å². The second-order valence-electron chi connectivity index (χ2n) is 7.86. The Bertz CT molecular complexity index is 883. The zero-order chi connectivity index (χ0) is 21.5. The van der Waals surface area contributed by atoms with E-state index < -0.39 is 0 Å². The highest BCUT2D eigenvalue weighted by molar-refractivity contribution is 14.0. The first-order valence-corrected chi connectivity index (χ1v) is 11.2. The van der Waals surface area contributed by atoms with Crippen LogP contribution in [0.3, 0.4) is 0 Å². The van der Waals surface area contributed by atoms with Crippen molar-refractivity contribution in [3.63, 3.8) is 0 Å². The number of piperazine rings is 1. The van der Waals surface area contributed by atoms with Crippen molar-refractivity contribution < 1.29 is 4.79 Å². The number of amides is 1. The van der Waals surface area contributed by atoms with Crippen molar-refractivity contribution in [1.29, 1.82) is 0 Å². The van der Waals surface area contributed by atoms with Crippen molar-refractivity contribution >= 4 is 47.5 Å². The van der Waals surface area contributed by atoms with Crippen LogP contribution in [0.2, 0.25) is 0 Å². The second-order valence-corrected chi connectivity index (χ2v) is 7.86. The molecule has 1 N–H and O–H groups in total. The minimum atomic E-state index is 0. The first kappa shape index (κ1) is 24.2. The Morgan fingerprint density at radius 1 is 1.03 bits per heavy atom. The summed E-state index contributed by atoms with van der Waals surface area (Å²) in [7, 11) is 0. The van der Waals surface area contributed by atoms with Crippen molar-refractivity contribution in [2.45, 2.75) is 32.7 Å². The molecular weight excluding hydrogens is 517 g/mol. The van der Waals surface area contributed by atoms with E-state index in [0.717, 1.165) is 75.3 Å². The lowest BCUT2D eigenvalue weighted by molar-refractivity contribution is -0.119. The fourth-order valence-corrected chi connectivity index (χ4v) is 4.02. The topological polar surface area (TPSA) is 77.0 Å². The van der Waals surface area contributed by atoms with Crippen LogP contribution in [0.1, 0.15) is 31.7 Å². The Labute approximate surface area is 207 Å². The van der Waals surface area contributed by atoms with Crippen LogP contribution >= 0.6 is 24.0 Å². The maximum atomic E-state index is 12.1. The van der Waals surface area contributed by atoms with E-state index in [1.54, 1.807) is 12.4 Å². The van der Waals surface area contributed by atoms with Crippen LogP contribution in [0.15, 0.2) is 47.7 Å². The molecule has 3 heterocycles. The van der Waals surface area contributed by atoms with Gasteiger partial charge in [-0.3, -0.25) is 4.79 Å². The summed E-state index contributed by atoms with van der Waals surface area (Å²) in [5.41, 5.74) is 2.13. The number of rotatable bonds is 5. The largest absolute Gasteiger partial charge is 0.357 e. The zero-order valence-electron chi connectivity index (χ0n) is 18.6. The summed E-state index contributed by atoms with van der Waals surface area (Å²) in [5, 5.41) is 3.42. The Kier molecular flexibility index (Phi) is 9.07. The lowest BCUT2D eigenvalue weighted by atomic mass is 10.1. The van der Waals surface area contributed by atoms with E-state index >= 15 is 0 Å². The summed E-state index contributed by atoms with van der Waals surface area (Å²) in [5.74, 6) is 1.95. The molecule has 1 amide bonds. The van der Waals surface area contributed by atoms with Gasteiger partial charge in [0, 0.05) is 63.8 Å². The van der Waals surface area contributed by atoms with E-state index in [4.69, 9.17) is 4.99 Å². The monoisotopic (exact) mass is 549 g/mol. The predicted octanol–water partition coefficient (Wildman–Crippen LogP) is 2.90. The Morgan fingerprint density at radius 2 is 1.75 bits per heavy atom. The minimum Gasteiger partial charge on any atom is -0.357 e. The molecule has 2 aliphatic rings. The maximum absolute atomic E-state index is 12.1. The minimum absolute atomic E-state index is 0. The maximum Gasteiger partial charge on any atom is 0.226 e. The molecule has 1 aromatic carbocycles. The van der Waals surface area contributed by atoms with E-state index in [2.05, 4.69) is 44.1 Å². The molecule has 32 heavy (non-hydrogen) atoms. The standard InChI is InChI=1S/C23H31N7O.HI/c1-2-24-22(28-14-16-29(17-15-28)23-25-11-5-12-26-23)27-18-19-7-9-20(10-8-19)30-13-4-3-6-21(30)31;/h5,7-12H,2-4,6,13-18H2,1H3,(H,24,27);1H. The number of carbonyl (C=O) groups excluding carboxylic acids is 1. The van der Waals surface area contributed by atoms with Gasteiger partial charge >= 0.3 is 0 Å². The van der Waals surface area contributed by atoms with Gasteiger partial charge in [-0.15, -0.1) is 24.0 Å². The van der Waals surface area contributed by atoms with Crippen molar-refractivity contribution in [2.75, 3.05) is 49.1 Å². The molecule has 172 valence electrons. The third-order valence-corrected chi connectivity index (χ3v) is 5.73. The summed E-state index contributed by atoms with van der Waals surface area (Å²) < 4.78 is 0. The molecule has 2 saturated heterocycles. The SMILES string of the molecule is CCNC(=NCc1ccc(N2CCCCC2=O)cc1)N1CCN(c2ncccn2)CC1.I. The number of nitrogens with zero attached hydrogens (tertiary/aromatic N) is 6. The molecule has 0 aliphatic carbocycles. The van der Waals surface area contributed by atoms with Crippen molar-refractivity contribution in [1.82, 2.24) is 20.2 Å². The quantitative estimate of drug-likeness (QED) is 0.351. The fraction of sp³-hybridized carbons (Fsp3) is 0.478. The van der Waals surface area contributed by atoms with Crippen LogP contribution in [0.25, 0.3) is 0 Å². The summed E-state index contributed by atoms with van der Waals surface area (Å²) in [6.07, 6.45) is 6.30. The van der Waals surface area contributed by atoms with Crippen LogP contribution in [-0.2, 0) is 11.3 Å². The average molecular weight is 549 g/mol. The predicted molar refractivity (Wildman–Crippen MR) is 139 cm³/mol. The molecule has 8 nitrogen and oxygen atoms in total. The molecule has 0 bridgehead atoms. The normalized spacial score (nSPS) is 17.2. The number of anilines is 2. The van der Waals surface area contributed by atoms with Crippen molar-refractivity contribution in [2.24, 2.45) is 4.99 Å². The lowest BCUT2D eigenvalue weighted by Gasteiger charge is -2.36. The van der Waals surface area contributed by atoms with Crippen molar-refractivity contribution in [3.8, 4) is 0 Å². The van der Waals surface area contributed by atoms with Crippen LogP contribution in [-0.4, -0.2) is 66.0 Å². The number of aromatic nitrogens is 2. The summed E-state index contributed by atoms with van der Waals surface area (Å²) in [4.78, 5) is 32.1. The fourth-order valence-electron chi connectivity index (χ4n) is 4.02. The third kappa shape index (κ3) is 6.08. The van der Waals surface area contributed by atoms with Gasteiger partial charge in [-0.25, -0.2) is 15.0 Å². The Morgan fingerprint density at radius 3 is 2.41 bits per heavy atom. The van der Waals surface area contributed by atoms with Crippen molar-refractivity contribution in [3.05, 3.63) is 48.3 Å². The number of halogens is 1. The molecule has 0 spiro atoms. The molecule has 0 atom stereocenters. The van der Waals surface area contributed by atoms with Crippen LogP contribution in [0, 0.1) is 0 Å². The molecular formula is C23H32IN7O. The molecule has 2 aromatic rings. The average Bonchev–Trinajstić information content (AvgIpc) is 2.83. The molecule has 9 heteroatoms. The number of benzene rings is 1. The Balaban J connectivity index is 0.00000289. The molecule has 4 rings (SSSR count). The van der Waals surface area contributed by atoms with E-state index in [1.807, 2.05) is 23.1 Å². The van der Waals surface area contributed by atoms with E-state index in [0.29, 0.717) is 13.0 Å². The highest BCUT2D eigenvalue weighted by Gasteiger charge is 2.21. The summed E-state index contributed by atoms with van der Waals surface area (Å²) in [6.45, 7) is 7.84. The second kappa shape index (κ2) is 12.0. The van der Waals surface area contributed by atoms with Gasteiger partial charge in [0.25, 0.3) is 0 Å². The van der Waals surface area contributed by atoms with Gasteiger partial charge in [0.2, 0.25) is 11.9 Å². The first-order chi connectivity index (χ1) is 15.2. The van der Waals surface area contributed by atoms with Gasteiger partial charge in [0.05, 0.1) is 6.54 Å². The van der Waals surface area contributed by atoms with Gasteiger partial charge in [-0.2, -0.15) is 0 Å². The van der Waals surface area contributed by atoms with Crippen LogP contribution in [0.4, 0.5) is 11.6 Å². The number of nitrogens with one attached hydrogen (secondary N) is 1. The van der Waals surface area contributed by atoms with E-state index in [-0.39, 0.29) is 29.9 Å². The van der Waals surface area contributed by atoms with Gasteiger partial charge in [0.15, 0.2) is 5.96 Å². The number of aliphatic imine (C=N–C) groups is 1. The molecule has 2 fully saturated rings. The molecule has 2 aliphatic heterocycles. The summed E-state index contributed by atoms with van der Waals surface area (Å²) >= 11 is 0. The van der Waals surface area contributed by atoms with E-state index in [1.165, 1.54) is 0 Å². The van der Waals surface area contributed by atoms with Gasteiger partial charge in [-0.05, 0) is 43.5 Å². The van der Waals surface area contributed by atoms with Gasteiger partial charge in [-0.1, -0.05) is 12.1 Å². The van der Waals surface area contributed by atoms with Gasteiger partial charge in [0.1, 0.15) is 0 Å². The molecule has 0 saturated carbocycles. The smallest absolute Gasteiger partial charge is 0.226 e. The number of guanidine groups is 1. The summed E-state index contributed by atoms with van der Waals surface area (Å²) in [6, 6.07) is 10.1. The lowest BCUT2D eigenvalue weighted by Crippen LogP contribution is -2.52. The molecule has 0 unspecified atom stereocenters. The number of piperidine rings is 1. The number of hydrogen-bond acceptors (Lipinski definition) is 5. The highest BCUT2D eigenvalue weighted by Crippen LogP contribution is 2.21. The molecule has 0 radical (unpaired) electrons. The number of carbonyl (C=O) groups is 1. The third-order valence-electron chi connectivity index (χ3n) is 5.73. The molecule has 1 aromatic heterocycles. The van der Waals surface area contributed by atoms with E-state index in [9.17, 15) is 4.79 Å². The highest BCUT2D eigenvalue weighted by atomic mass is 127.